The quantitative estimate of drug-likeness (QED) is 0.862. The Labute approximate surface area is 143 Å². The molecule has 24 heavy (non-hydrogen) atoms. The second-order valence-corrected chi connectivity index (χ2v) is 6.63. The molecule has 0 saturated carbocycles. The van der Waals surface area contributed by atoms with Gasteiger partial charge < -0.3 is 10.2 Å². The zero-order valence-electron chi connectivity index (χ0n) is 13.9. The number of rotatable bonds is 4. The zero-order chi connectivity index (χ0) is 16.9. The first-order chi connectivity index (χ1) is 11.7. The smallest absolute Gasteiger partial charge is 0.318 e. The summed E-state index contributed by atoms with van der Waals surface area (Å²) in [5.41, 5.74) is 0.868. The van der Waals surface area contributed by atoms with E-state index in [9.17, 15) is 9.18 Å². The van der Waals surface area contributed by atoms with Crippen LogP contribution in [0.2, 0.25) is 0 Å². The van der Waals surface area contributed by atoms with Gasteiger partial charge in [0.25, 0.3) is 0 Å². The summed E-state index contributed by atoms with van der Waals surface area (Å²) in [5, 5.41) is 3.17. The van der Waals surface area contributed by atoms with Crippen molar-refractivity contribution < 1.29 is 9.18 Å². The monoisotopic (exact) mass is 329 g/mol. The topological polar surface area (TPSA) is 35.6 Å². The van der Waals surface area contributed by atoms with Crippen molar-refractivity contribution in [3.05, 3.63) is 35.6 Å². The highest BCUT2D eigenvalue weighted by Gasteiger charge is 2.36. The number of piperidine rings is 1. The van der Waals surface area contributed by atoms with Crippen molar-refractivity contribution in [1.82, 2.24) is 15.1 Å². The molecule has 2 heterocycles. The van der Waals surface area contributed by atoms with Crippen LogP contribution in [0, 0.1) is 18.2 Å². The lowest BCUT2D eigenvalue weighted by molar-refractivity contribution is 0.168. The summed E-state index contributed by atoms with van der Waals surface area (Å²) in [4.78, 5) is 16.8. The van der Waals surface area contributed by atoms with E-state index >= 15 is 0 Å². The van der Waals surface area contributed by atoms with Crippen LogP contribution < -0.4 is 5.32 Å². The second-order valence-electron chi connectivity index (χ2n) is 6.63. The van der Waals surface area contributed by atoms with Crippen molar-refractivity contribution in [3.8, 4) is 12.3 Å². The van der Waals surface area contributed by atoms with Gasteiger partial charge in [0.2, 0.25) is 0 Å². The molecule has 2 saturated heterocycles. The highest BCUT2D eigenvalue weighted by molar-refractivity contribution is 5.75. The first-order valence-corrected chi connectivity index (χ1v) is 8.65. The van der Waals surface area contributed by atoms with Gasteiger partial charge in [0, 0.05) is 25.2 Å². The largest absolute Gasteiger partial charge is 0.334 e. The molecule has 2 atom stereocenters. The number of hydrogen-bond donors (Lipinski definition) is 1. The van der Waals surface area contributed by atoms with Gasteiger partial charge in [-0.05, 0) is 43.5 Å². The molecule has 2 aliphatic rings. The fourth-order valence-corrected chi connectivity index (χ4v) is 3.79. The molecule has 4 nitrogen and oxygen atoms in total. The van der Waals surface area contributed by atoms with E-state index in [0.29, 0.717) is 12.6 Å². The van der Waals surface area contributed by atoms with Crippen LogP contribution >= 0.6 is 0 Å². The van der Waals surface area contributed by atoms with E-state index in [1.54, 1.807) is 17.0 Å². The molecule has 3 rings (SSSR count). The fraction of sp³-hybridized carbons (Fsp3) is 0.526. The second kappa shape index (κ2) is 7.67. The number of urea groups is 1. The molecule has 128 valence electrons. The number of terminal acetylenes is 1. The number of fused-ring (bicyclic) bond motifs is 1. The molecule has 1 N–H and O–H groups in total. The Morgan fingerprint density at radius 3 is 2.83 bits per heavy atom. The third-order valence-corrected chi connectivity index (χ3v) is 5.02. The maximum atomic E-state index is 13.0. The molecule has 2 amide bonds. The van der Waals surface area contributed by atoms with Gasteiger partial charge in [0.05, 0.1) is 6.54 Å². The van der Waals surface area contributed by atoms with Gasteiger partial charge in [-0.1, -0.05) is 24.5 Å². The normalized spacial score (nSPS) is 23.3. The summed E-state index contributed by atoms with van der Waals surface area (Å²) in [7, 11) is 0. The molecule has 0 bridgehead atoms. The molecular formula is C19H24FN3O. The predicted octanol–water partition coefficient (Wildman–Crippen LogP) is 2.60. The highest BCUT2D eigenvalue weighted by atomic mass is 19.1. The van der Waals surface area contributed by atoms with Crippen molar-refractivity contribution in [1.29, 1.82) is 0 Å². The highest BCUT2D eigenvalue weighted by Crippen LogP contribution is 2.27. The van der Waals surface area contributed by atoms with Crippen molar-refractivity contribution in [2.24, 2.45) is 0 Å². The van der Waals surface area contributed by atoms with Crippen LogP contribution in [0.5, 0.6) is 0 Å². The van der Waals surface area contributed by atoms with Crippen molar-refractivity contribution >= 4 is 6.03 Å². The van der Waals surface area contributed by atoms with Gasteiger partial charge in [-0.2, -0.15) is 0 Å². The van der Waals surface area contributed by atoms with Gasteiger partial charge in [-0.3, -0.25) is 4.90 Å². The van der Waals surface area contributed by atoms with Crippen LogP contribution in [0.1, 0.15) is 31.2 Å². The third kappa shape index (κ3) is 3.88. The van der Waals surface area contributed by atoms with Crippen molar-refractivity contribution in [2.75, 3.05) is 19.6 Å². The Kier molecular flexibility index (Phi) is 5.37. The van der Waals surface area contributed by atoms with Crippen LogP contribution in [0.15, 0.2) is 24.3 Å². The average Bonchev–Trinajstić information content (AvgIpc) is 2.99. The molecule has 2 unspecified atom stereocenters. The summed E-state index contributed by atoms with van der Waals surface area (Å²) in [5.74, 6) is 2.26. The number of carbonyl (C=O) groups is 1. The maximum absolute atomic E-state index is 13.0. The first kappa shape index (κ1) is 16.8. The molecule has 0 radical (unpaired) electrons. The Morgan fingerprint density at radius 1 is 1.29 bits per heavy atom. The predicted molar refractivity (Wildman–Crippen MR) is 91.8 cm³/mol. The number of hydrogen-bond acceptors (Lipinski definition) is 2. The summed E-state index contributed by atoms with van der Waals surface area (Å²) >= 11 is 0. The van der Waals surface area contributed by atoms with E-state index in [0.717, 1.165) is 31.5 Å². The summed E-state index contributed by atoms with van der Waals surface area (Å²) in [6, 6.07) is 6.70. The van der Waals surface area contributed by atoms with Crippen LogP contribution in [0.3, 0.4) is 0 Å². The number of nitrogens with zero attached hydrogens (tertiary/aromatic N) is 2. The van der Waals surface area contributed by atoms with E-state index in [1.165, 1.54) is 25.0 Å². The van der Waals surface area contributed by atoms with Gasteiger partial charge in [0.15, 0.2) is 0 Å². The number of amides is 2. The third-order valence-electron chi connectivity index (χ3n) is 5.02. The van der Waals surface area contributed by atoms with Gasteiger partial charge >= 0.3 is 6.03 Å². The van der Waals surface area contributed by atoms with E-state index in [1.807, 2.05) is 0 Å². The van der Waals surface area contributed by atoms with E-state index in [-0.39, 0.29) is 24.4 Å². The molecule has 5 heteroatoms. The summed E-state index contributed by atoms with van der Waals surface area (Å²) in [6.07, 6.45) is 10.1. The Bertz CT molecular complexity index is 610. The lowest BCUT2D eigenvalue weighted by Crippen LogP contribution is -2.50. The molecule has 2 aliphatic heterocycles. The van der Waals surface area contributed by atoms with Gasteiger partial charge in [-0.25, -0.2) is 9.18 Å². The molecule has 0 aromatic heterocycles. The van der Waals surface area contributed by atoms with Crippen LogP contribution in [0.4, 0.5) is 9.18 Å². The van der Waals surface area contributed by atoms with Crippen LogP contribution in [0.25, 0.3) is 0 Å². The van der Waals surface area contributed by atoms with Crippen molar-refractivity contribution in [3.63, 3.8) is 0 Å². The molecule has 0 aliphatic carbocycles. The number of nitrogens with one attached hydrogen (secondary N) is 1. The van der Waals surface area contributed by atoms with Gasteiger partial charge in [-0.15, -0.1) is 6.42 Å². The maximum Gasteiger partial charge on any atom is 0.318 e. The molecular weight excluding hydrogens is 305 g/mol. The lowest BCUT2D eigenvalue weighted by Gasteiger charge is -2.33. The minimum absolute atomic E-state index is 0.130. The number of halogens is 1. The molecule has 1 aromatic rings. The first-order valence-electron chi connectivity index (χ1n) is 8.65. The minimum Gasteiger partial charge on any atom is -0.334 e. The number of benzene rings is 1. The van der Waals surface area contributed by atoms with Crippen LogP contribution in [-0.4, -0.2) is 47.5 Å². The van der Waals surface area contributed by atoms with E-state index < -0.39 is 0 Å². The molecule has 1 aromatic carbocycles. The van der Waals surface area contributed by atoms with Crippen LogP contribution in [-0.2, 0) is 6.54 Å². The van der Waals surface area contributed by atoms with E-state index in [2.05, 4.69) is 16.1 Å². The van der Waals surface area contributed by atoms with E-state index in [4.69, 9.17) is 6.42 Å². The van der Waals surface area contributed by atoms with Gasteiger partial charge in [0.1, 0.15) is 5.82 Å². The average molecular weight is 329 g/mol. The molecule has 2 fully saturated rings. The lowest BCUT2D eigenvalue weighted by atomic mass is 9.99. The summed E-state index contributed by atoms with van der Waals surface area (Å²) in [6.45, 7) is 2.82. The Hall–Kier alpha value is -2.06. The fourth-order valence-electron chi connectivity index (χ4n) is 3.79. The minimum atomic E-state index is -0.282. The SMILES string of the molecule is C#CCN(Cc1ccc(F)cc1)C(=O)NC1CCN2CCCCC12. The zero-order valence-corrected chi connectivity index (χ0v) is 13.9. The number of carbonyl (C=O) groups excluding carboxylic acids is 1. The molecule has 0 spiro atoms. The Balaban J connectivity index is 1.62. The Morgan fingerprint density at radius 2 is 2.08 bits per heavy atom. The summed E-state index contributed by atoms with van der Waals surface area (Å²) < 4.78 is 13.0. The van der Waals surface area contributed by atoms with Crippen molar-refractivity contribution in [2.45, 2.75) is 44.3 Å². The standard InChI is InChI=1S/C19H24FN3O/c1-2-11-23(14-15-6-8-16(20)9-7-15)19(24)21-17-10-13-22-12-4-3-5-18(17)22/h1,6-9,17-18H,3-5,10-14H2,(H,21,24).